The lowest BCUT2D eigenvalue weighted by Crippen LogP contribution is -2.34. The van der Waals surface area contributed by atoms with Crippen LogP contribution < -0.4 is 5.32 Å². The van der Waals surface area contributed by atoms with E-state index in [1.807, 2.05) is 42.5 Å². The van der Waals surface area contributed by atoms with E-state index in [-0.39, 0.29) is 6.03 Å². The van der Waals surface area contributed by atoms with Gasteiger partial charge in [-0.05, 0) is 53.1 Å². The van der Waals surface area contributed by atoms with E-state index in [1.54, 1.807) is 22.9 Å². The monoisotopic (exact) mass is 515 g/mol. The first-order valence-electron chi connectivity index (χ1n) is 11.6. The fourth-order valence-corrected chi connectivity index (χ4v) is 4.91. The van der Waals surface area contributed by atoms with Crippen LogP contribution in [0.1, 0.15) is 27.9 Å². The molecule has 180 valence electrons. The van der Waals surface area contributed by atoms with E-state index in [4.69, 9.17) is 23.2 Å². The van der Waals surface area contributed by atoms with Crippen molar-refractivity contribution >= 4 is 46.2 Å². The molecule has 5 rings (SSSR count). The van der Waals surface area contributed by atoms with Crippen LogP contribution in [0.3, 0.4) is 0 Å². The number of aromatic nitrogens is 2. The van der Waals surface area contributed by atoms with Gasteiger partial charge in [-0.15, -0.1) is 0 Å². The molecule has 1 aliphatic rings. The highest BCUT2D eigenvalue weighted by molar-refractivity contribution is 6.30. The summed E-state index contributed by atoms with van der Waals surface area (Å²) in [7, 11) is 0. The number of nitrogens with one attached hydrogen (secondary N) is 1. The van der Waals surface area contributed by atoms with Gasteiger partial charge in [0.25, 0.3) is 0 Å². The molecule has 1 amide bonds. The fourth-order valence-electron chi connectivity index (χ4n) is 4.59. The van der Waals surface area contributed by atoms with Gasteiger partial charge in [0.15, 0.2) is 0 Å². The van der Waals surface area contributed by atoms with Gasteiger partial charge in [0.2, 0.25) is 0 Å². The minimum absolute atomic E-state index is 0.222. The second kappa shape index (κ2) is 10.5. The molecule has 4 aromatic rings. The highest BCUT2D eigenvalue weighted by Gasteiger charge is 2.26. The quantitative estimate of drug-likeness (QED) is 0.328. The van der Waals surface area contributed by atoms with E-state index in [9.17, 15) is 10.1 Å². The summed E-state index contributed by atoms with van der Waals surface area (Å²) >= 11 is 12.0. The van der Waals surface area contributed by atoms with E-state index in [1.165, 1.54) is 0 Å². The number of halogens is 2. The number of nitriles is 1. The molecular weight excluding hydrogens is 493 g/mol. The molecule has 0 saturated heterocycles. The van der Waals surface area contributed by atoms with Gasteiger partial charge in [0, 0.05) is 54.9 Å². The maximum atomic E-state index is 13.4. The van der Waals surface area contributed by atoms with Gasteiger partial charge in [-0.2, -0.15) is 5.26 Å². The Morgan fingerprint density at radius 3 is 2.75 bits per heavy atom. The third kappa shape index (κ3) is 5.14. The molecule has 36 heavy (non-hydrogen) atoms. The Kier molecular flexibility index (Phi) is 7.06. The molecule has 0 atom stereocenters. The smallest absolute Gasteiger partial charge is 0.326 e. The standard InChI is InChI=1S/C28H23Cl2N5O/c29-22-6-3-19(4-7-22)2-1-12-34-13-10-25-24(18-34)23-8-5-20(16-31)14-26(23)35(25)28(36)33-17-21-9-11-32-27(30)15-21/h1-9,11,14-15H,10,12-13,17-18H2,(H,33,36)/b2-1+. The molecule has 3 heterocycles. The van der Waals surface area contributed by atoms with Crippen LogP contribution in [0.15, 0.2) is 66.9 Å². The van der Waals surface area contributed by atoms with E-state index >= 15 is 0 Å². The van der Waals surface area contributed by atoms with Gasteiger partial charge in [-0.25, -0.2) is 9.78 Å². The predicted molar refractivity (Wildman–Crippen MR) is 143 cm³/mol. The Labute approximate surface area is 219 Å². The number of amides is 1. The summed E-state index contributed by atoms with van der Waals surface area (Å²) in [5.41, 5.74) is 5.36. The number of fused-ring (bicyclic) bond motifs is 3. The van der Waals surface area contributed by atoms with Gasteiger partial charge >= 0.3 is 6.03 Å². The molecule has 0 radical (unpaired) electrons. The lowest BCUT2D eigenvalue weighted by atomic mass is 10.0. The highest BCUT2D eigenvalue weighted by atomic mass is 35.5. The van der Waals surface area contributed by atoms with Gasteiger partial charge in [-0.1, -0.05) is 53.6 Å². The van der Waals surface area contributed by atoms with Gasteiger partial charge in [0.05, 0.1) is 17.1 Å². The third-order valence-electron chi connectivity index (χ3n) is 6.34. The first-order chi connectivity index (χ1) is 17.5. The Morgan fingerprint density at radius 1 is 1.14 bits per heavy atom. The summed E-state index contributed by atoms with van der Waals surface area (Å²) in [6, 6.07) is 18.8. The fraction of sp³-hybridized carbons (Fsp3) is 0.179. The average molecular weight is 516 g/mol. The summed E-state index contributed by atoms with van der Waals surface area (Å²) in [4.78, 5) is 19.7. The maximum Gasteiger partial charge on any atom is 0.326 e. The van der Waals surface area contributed by atoms with Crippen molar-refractivity contribution in [3.8, 4) is 6.07 Å². The SMILES string of the molecule is N#Cc1ccc2c3c(n(C(=O)NCc4ccnc(Cl)c4)c2c1)CCN(C/C=C/c1ccc(Cl)cc1)C3. The van der Waals surface area contributed by atoms with Gasteiger partial charge in [0.1, 0.15) is 5.15 Å². The van der Waals surface area contributed by atoms with Crippen LogP contribution >= 0.6 is 23.2 Å². The second-order valence-corrected chi connectivity index (χ2v) is 9.51. The van der Waals surface area contributed by atoms with E-state index in [2.05, 4.69) is 33.4 Å². The Hall–Kier alpha value is -3.63. The van der Waals surface area contributed by atoms with Crippen LogP contribution in [0.5, 0.6) is 0 Å². The topological polar surface area (TPSA) is 74.0 Å². The minimum Gasteiger partial charge on any atom is -0.333 e. The molecule has 1 aliphatic heterocycles. The minimum atomic E-state index is -0.222. The van der Waals surface area contributed by atoms with Gasteiger partial charge < -0.3 is 5.32 Å². The van der Waals surface area contributed by atoms with Crippen molar-refractivity contribution in [1.29, 1.82) is 5.26 Å². The zero-order valence-corrected chi connectivity index (χ0v) is 20.9. The van der Waals surface area contributed by atoms with E-state index < -0.39 is 0 Å². The molecule has 0 fully saturated rings. The van der Waals surface area contributed by atoms with Crippen molar-refractivity contribution in [1.82, 2.24) is 19.8 Å². The highest BCUT2D eigenvalue weighted by Crippen LogP contribution is 2.31. The Morgan fingerprint density at radius 2 is 1.97 bits per heavy atom. The summed E-state index contributed by atoms with van der Waals surface area (Å²) in [6.07, 6.45) is 6.59. The summed E-state index contributed by atoms with van der Waals surface area (Å²) in [5.74, 6) is 0. The number of carbonyl (C=O) groups is 1. The number of hydrogen-bond donors (Lipinski definition) is 1. The molecule has 8 heteroatoms. The molecule has 6 nitrogen and oxygen atoms in total. The van der Waals surface area contributed by atoms with Crippen LogP contribution in [-0.2, 0) is 19.5 Å². The summed E-state index contributed by atoms with van der Waals surface area (Å²) in [5, 5.41) is 14.6. The van der Waals surface area contributed by atoms with Crippen LogP contribution in [0, 0.1) is 11.3 Å². The van der Waals surface area contributed by atoms with Crippen molar-refractivity contribution < 1.29 is 4.79 Å². The van der Waals surface area contributed by atoms with Crippen LogP contribution in [0.2, 0.25) is 10.2 Å². The van der Waals surface area contributed by atoms with Gasteiger partial charge in [-0.3, -0.25) is 9.47 Å². The van der Waals surface area contributed by atoms with E-state index in [0.29, 0.717) is 17.3 Å². The normalized spacial score (nSPS) is 13.6. The van der Waals surface area contributed by atoms with E-state index in [0.717, 1.165) is 64.4 Å². The molecule has 2 aromatic carbocycles. The van der Waals surface area contributed by atoms with Crippen molar-refractivity contribution in [2.45, 2.75) is 19.5 Å². The average Bonchev–Trinajstić information content (AvgIpc) is 3.21. The van der Waals surface area contributed by atoms with Crippen molar-refractivity contribution in [2.75, 3.05) is 13.1 Å². The number of nitrogens with zero attached hydrogens (tertiary/aromatic N) is 4. The maximum absolute atomic E-state index is 13.4. The van der Waals surface area contributed by atoms with Crippen molar-refractivity contribution in [3.63, 3.8) is 0 Å². The first-order valence-corrected chi connectivity index (χ1v) is 12.4. The van der Waals surface area contributed by atoms with Crippen molar-refractivity contribution in [3.05, 3.63) is 105 Å². The molecular formula is C28H23Cl2N5O. The first kappa shape index (κ1) is 24.1. The number of carbonyl (C=O) groups excluding carboxylic acids is 1. The largest absolute Gasteiger partial charge is 0.333 e. The zero-order chi connectivity index (χ0) is 25.1. The van der Waals surface area contributed by atoms with Crippen LogP contribution in [0.4, 0.5) is 4.79 Å². The molecule has 0 aliphatic carbocycles. The lowest BCUT2D eigenvalue weighted by molar-refractivity contribution is 0.240. The zero-order valence-electron chi connectivity index (χ0n) is 19.4. The lowest BCUT2D eigenvalue weighted by Gasteiger charge is -2.27. The summed E-state index contributed by atoms with van der Waals surface area (Å²) < 4.78 is 1.73. The number of pyridine rings is 1. The second-order valence-electron chi connectivity index (χ2n) is 8.69. The van der Waals surface area contributed by atoms with Crippen LogP contribution in [-0.4, -0.2) is 33.6 Å². The molecule has 0 bridgehead atoms. The number of rotatable bonds is 5. The Bertz CT molecular complexity index is 1500. The molecule has 0 unspecified atom stereocenters. The Balaban J connectivity index is 1.39. The summed E-state index contributed by atoms with van der Waals surface area (Å²) in [6.45, 7) is 2.67. The third-order valence-corrected chi connectivity index (χ3v) is 6.80. The predicted octanol–water partition coefficient (Wildman–Crippen LogP) is 6.04. The molecule has 0 saturated carbocycles. The number of hydrogen-bond acceptors (Lipinski definition) is 4. The molecule has 0 spiro atoms. The molecule has 1 N–H and O–H groups in total. The van der Waals surface area contributed by atoms with Crippen molar-refractivity contribution in [2.24, 2.45) is 0 Å². The number of benzene rings is 2. The molecule has 2 aromatic heterocycles. The van der Waals surface area contributed by atoms with Crippen LogP contribution in [0.25, 0.3) is 17.0 Å².